The largest absolute Gasteiger partial charge is 0.352 e. The smallest absolute Gasteiger partial charge is 0.312 e. The Balaban J connectivity index is 2.34. The van der Waals surface area contributed by atoms with Gasteiger partial charge in [-0.05, 0) is 45.2 Å². The molecule has 0 saturated carbocycles. The van der Waals surface area contributed by atoms with Crippen molar-refractivity contribution >= 4 is 6.03 Å². The summed E-state index contributed by atoms with van der Waals surface area (Å²) in [5.74, 6) is 0.572. The lowest BCUT2D eigenvalue weighted by molar-refractivity contribution is 0.239. The quantitative estimate of drug-likeness (QED) is 0.584. The molecule has 1 rings (SSSR count). The minimum Gasteiger partial charge on any atom is -0.352 e. The van der Waals surface area contributed by atoms with Gasteiger partial charge >= 0.3 is 6.03 Å². The molecule has 1 fully saturated rings. The highest BCUT2D eigenvalue weighted by atomic mass is 16.2. The zero-order chi connectivity index (χ0) is 9.68. The van der Waals surface area contributed by atoms with E-state index in [1.54, 1.807) is 0 Å². The first-order chi connectivity index (χ1) is 6.20. The molecule has 1 saturated heterocycles. The Kier molecular flexibility index (Phi) is 4.02. The van der Waals surface area contributed by atoms with Crippen molar-refractivity contribution in [1.82, 2.24) is 10.6 Å². The second-order valence-corrected chi connectivity index (χ2v) is 3.74. The zero-order valence-electron chi connectivity index (χ0n) is 8.18. The monoisotopic (exact) mass is 185 g/mol. The van der Waals surface area contributed by atoms with E-state index in [2.05, 4.69) is 10.6 Å². The van der Waals surface area contributed by atoms with E-state index in [9.17, 15) is 4.79 Å². The molecule has 2 atom stereocenters. The molecule has 0 bridgehead atoms. The highest BCUT2D eigenvalue weighted by Gasteiger charge is 2.19. The van der Waals surface area contributed by atoms with Gasteiger partial charge in [-0.3, -0.25) is 0 Å². The van der Waals surface area contributed by atoms with Gasteiger partial charge in [-0.1, -0.05) is 0 Å². The number of urea groups is 1. The molecule has 1 heterocycles. The fourth-order valence-corrected chi connectivity index (χ4v) is 1.89. The second kappa shape index (κ2) is 5.07. The predicted octanol–water partition coefficient (Wildman–Crippen LogP) is 0.433. The summed E-state index contributed by atoms with van der Waals surface area (Å²) in [6, 6.07) is -0.206. The van der Waals surface area contributed by atoms with Crippen LogP contribution in [0.2, 0.25) is 0 Å². The minimum atomic E-state index is -0.412. The van der Waals surface area contributed by atoms with Gasteiger partial charge in [0.2, 0.25) is 0 Å². The molecular formula is C9H19N3O. The first-order valence-electron chi connectivity index (χ1n) is 4.97. The van der Waals surface area contributed by atoms with E-state index in [1.807, 2.05) is 6.92 Å². The maximum absolute atomic E-state index is 10.6. The number of carbonyl (C=O) groups excluding carboxylic acids is 1. The van der Waals surface area contributed by atoms with Crippen molar-refractivity contribution in [2.75, 3.05) is 13.1 Å². The molecule has 0 aliphatic carbocycles. The van der Waals surface area contributed by atoms with Crippen molar-refractivity contribution in [2.24, 2.45) is 11.7 Å². The van der Waals surface area contributed by atoms with Crippen LogP contribution in [-0.4, -0.2) is 25.2 Å². The Hall–Kier alpha value is -0.770. The van der Waals surface area contributed by atoms with Crippen molar-refractivity contribution in [2.45, 2.75) is 32.2 Å². The lowest BCUT2D eigenvalue weighted by Crippen LogP contribution is -2.41. The maximum atomic E-state index is 10.6. The number of hydrogen-bond donors (Lipinski definition) is 3. The average molecular weight is 185 g/mol. The topological polar surface area (TPSA) is 67.1 Å². The number of carbonyl (C=O) groups is 1. The molecule has 1 aliphatic rings. The molecule has 2 amide bonds. The third-order valence-corrected chi connectivity index (χ3v) is 2.70. The molecule has 13 heavy (non-hydrogen) atoms. The summed E-state index contributed by atoms with van der Waals surface area (Å²) in [6.07, 6.45) is 3.49. The summed E-state index contributed by atoms with van der Waals surface area (Å²) in [7, 11) is 0. The standard InChI is InChI=1S/C9H19N3O/c1-7(12-9(10)13)8-3-2-5-11-6-4-8/h7-8,11H,2-6H2,1H3,(H3,10,12,13). The summed E-state index contributed by atoms with van der Waals surface area (Å²) in [5.41, 5.74) is 5.07. The van der Waals surface area contributed by atoms with Crippen LogP contribution in [0.25, 0.3) is 0 Å². The SMILES string of the molecule is CC(NC(N)=O)C1CCCNCC1. The second-order valence-electron chi connectivity index (χ2n) is 3.74. The Morgan fingerprint density at radius 1 is 1.54 bits per heavy atom. The number of rotatable bonds is 2. The van der Waals surface area contributed by atoms with Crippen LogP contribution in [0.15, 0.2) is 0 Å². The first-order valence-corrected chi connectivity index (χ1v) is 4.97. The van der Waals surface area contributed by atoms with E-state index >= 15 is 0 Å². The van der Waals surface area contributed by atoms with Crippen LogP contribution in [0.1, 0.15) is 26.2 Å². The fourth-order valence-electron chi connectivity index (χ4n) is 1.89. The molecule has 0 aromatic rings. The van der Waals surface area contributed by atoms with Gasteiger partial charge in [-0.15, -0.1) is 0 Å². The van der Waals surface area contributed by atoms with Crippen molar-refractivity contribution in [3.05, 3.63) is 0 Å². The fraction of sp³-hybridized carbons (Fsp3) is 0.889. The summed E-state index contributed by atoms with van der Waals surface area (Å²) in [6.45, 7) is 4.18. The summed E-state index contributed by atoms with van der Waals surface area (Å²) < 4.78 is 0. The summed E-state index contributed by atoms with van der Waals surface area (Å²) in [5, 5.41) is 6.09. The molecule has 76 valence electrons. The average Bonchev–Trinajstić information content (AvgIpc) is 2.29. The van der Waals surface area contributed by atoms with E-state index in [4.69, 9.17) is 5.73 Å². The van der Waals surface area contributed by atoms with Gasteiger partial charge in [-0.25, -0.2) is 4.79 Å². The normalized spacial score (nSPS) is 26.1. The predicted molar refractivity (Wildman–Crippen MR) is 52.4 cm³/mol. The van der Waals surface area contributed by atoms with E-state index in [-0.39, 0.29) is 6.04 Å². The summed E-state index contributed by atoms with van der Waals surface area (Å²) in [4.78, 5) is 10.6. The third kappa shape index (κ3) is 3.63. The van der Waals surface area contributed by atoms with Crippen molar-refractivity contribution in [3.63, 3.8) is 0 Å². The van der Waals surface area contributed by atoms with Crippen LogP contribution in [0, 0.1) is 5.92 Å². The molecule has 0 aromatic heterocycles. The van der Waals surface area contributed by atoms with Crippen molar-refractivity contribution < 1.29 is 4.79 Å². The summed E-state index contributed by atoms with van der Waals surface area (Å²) >= 11 is 0. The molecule has 2 unspecified atom stereocenters. The molecule has 4 nitrogen and oxygen atoms in total. The van der Waals surface area contributed by atoms with Gasteiger partial charge in [0.05, 0.1) is 0 Å². The van der Waals surface area contributed by atoms with Crippen molar-refractivity contribution in [3.8, 4) is 0 Å². The number of nitrogens with one attached hydrogen (secondary N) is 2. The Labute approximate surface area is 79.3 Å². The van der Waals surface area contributed by atoms with Crippen LogP contribution in [0.4, 0.5) is 4.79 Å². The number of primary amides is 1. The van der Waals surface area contributed by atoms with Crippen LogP contribution >= 0.6 is 0 Å². The lowest BCUT2D eigenvalue weighted by atomic mass is 9.93. The molecule has 1 aliphatic heterocycles. The zero-order valence-corrected chi connectivity index (χ0v) is 8.18. The molecule has 4 heteroatoms. The third-order valence-electron chi connectivity index (χ3n) is 2.70. The first kappa shape index (κ1) is 10.3. The van der Waals surface area contributed by atoms with Gasteiger partial charge in [0, 0.05) is 6.04 Å². The van der Waals surface area contributed by atoms with Crippen LogP contribution in [-0.2, 0) is 0 Å². The highest BCUT2D eigenvalue weighted by Crippen LogP contribution is 2.17. The van der Waals surface area contributed by atoms with Crippen LogP contribution in [0.3, 0.4) is 0 Å². The lowest BCUT2D eigenvalue weighted by Gasteiger charge is -2.22. The highest BCUT2D eigenvalue weighted by molar-refractivity contribution is 5.71. The molecule has 0 spiro atoms. The molecule has 0 aromatic carbocycles. The van der Waals surface area contributed by atoms with Crippen LogP contribution < -0.4 is 16.4 Å². The molecule has 4 N–H and O–H groups in total. The van der Waals surface area contributed by atoms with Gasteiger partial charge < -0.3 is 16.4 Å². The van der Waals surface area contributed by atoms with E-state index in [0.29, 0.717) is 5.92 Å². The van der Waals surface area contributed by atoms with Gasteiger partial charge in [0.1, 0.15) is 0 Å². The van der Waals surface area contributed by atoms with Gasteiger partial charge in [-0.2, -0.15) is 0 Å². The Bertz CT molecular complexity index is 164. The number of nitrogens with two attached hydrogens (primary N) is 1. The van der Waals surface area contributed by atoms with E-state index < -0.39 is 6.03 Å². The van der Waals surface area contributed by atoms with E-state index in [1.165, 1.54) is 12.8 Å². The van der Waals surface area contributed by atoms with Crippen molar-refractivity contribution in [1.29, 1.82) is 0 Å². The van der Waals surface area contributed by atoms with Gasteiger partial charge in [0.15, 0.2) is 0 Å². The Morgan fingerprint density at radius 3 is 3.00 bits per heavy atom. The Morgan fingerprint density at radius 2 is 2.31 bits per heavy atom. The number of hydrogen-bond acceptors (Lipinski definition) is 2. The maximum Gasteiger partial charge on any atom is 0.312 e. The van der Waals surface area contributed by atoms with Gasteiger partial charge in [0.25, 0.3) is 0 Å². The minimum absolute atomic E-state index is 0.206. The molecular weight excluding hydrogens is 166 g/mol. The number of amides is 2. The van der Waals surface area contributed by atoms with E-state index in [0.717, 1.165) is 19.5 Å². The van der Waals surface area contributed by atoms with Crippen LogP contribution in [0.5, 0.6) is 0 Å². The molecule has 0 radical (unpaired) electrons.